The molecule has 1 fully saturated rings. The van der Waals surface area contributed by atoms with Crippen molar-refractivity contribution in [3.63, 3.8) is 0 Å². The van der Waals surface area contributed by atoms with Gasteiger partial charge in [0.2, 0.25) is 0 Å². The normalized spacial score (nSPS) is 17.8. The van der Waals surface area contributed by atoms with Crippen molar-refractivity contribution in [2.75, 3.05) is 26.2 Å². The number of hydrogen-bond acceptors (Lipinski definition) is 4. The van der Waals surface area contributed by atoms with Gasteiger partial charge in [-0.15, -0.1) is 0 Å². The fourth-order valence-corrected chi connectivity index (χ4v) is 3.25. The van der Waals surface area contributed by atoms with Gasteiger partial charge in [0, 0.05) is 44.6 Å². The molecule has 1 aliphatic rings. The highest BCUT2D eigenvalue weighted by Gasteiger charge is 2.19. The third-order valence-electron chi connectivity index (χ3n) is 4.26. The van der Waals surface area contributed by atoms with E-state index < -0.39 is 0 Å². The number of aryl methyl sites for hydroxylation is 2. The molecule has 22 heavy (non-hydrogen) atoms. The second-order valence-electron chi connectivity index (χ2n) is 5.92. The molecule has 0 saturated carbocycles. The molecule has 0 atom stereocenters. The highest BCUT2D eigenvalue weighted by molar-refractivity contribution is 6.30. The lowest BCUT2D eigenvalue weighted by atomic mass is 10.2. The number of halogens is 1. The van der Waals surface area contributed by atoms with Crippen molar-refractivity contribution in [1.29, 1.82) is 0 Å². The van der Waals surface area contributed by atoms with Crippen LogP contribution in [0.15, 0.2) is 12.4 Å². The van der Waals surface area contributed by atoms with E-state index in [-0.39, 0.29) is 0 Å². The average molecular weight is 323 g/mol. The van der Waals surface area contributed by atoms with Crippen molar-refractivity contribution in [3.8, 4) is 0 Å². The van der Waals surface area contributed by atoms with Gasteiger partial charge in [0.1, 0.15) is 11.0 Å². The molecule has 1 saturated heterocycles. The van der Waals surface area contributed by atoms with Gasteiger partial charge in [0.25, 0.3) is 0 Å². The maximum atomic E-state index is 6.35. The minimum atomic E-state index is 0.759. The molecule has 2 aromatic heterocycles. The lowest BCUT2D eigenvalue weighted by Crippen LogP contribution is -2.30. The Kier molecular flexibility index (Phi) is 4.81. The summed E-state index contributed by atoms with van der Waals surface area (Å²) in [6.45, 7) is 8.11. The van der Waals surface area contributed by atoms with E-state index in [0.29, 0.717) is 0 Å². The van der Waals surface area contributed by atoms with Crippen molar-refractivity contribution < 1.29 is 0 Å². The summed E-state index contributed by atoms with van der Waals surface area (Å²) < 4.78 is 1.76. The van der Waals surface area contributed by atoms with Gasteiger partial charge < -0.3 is 4.98 Å². The molecular formula is C15H23ClN6. The number of hydrogen-bond donors (Lipinski definition) is 1. The molecule has 7 heteroatoms. The Balaban J connectivity index is 1.58. The van der Waals surface area contributed by atoms with Crippen LogP contribution in [0.25, 0.3) is 0 Å². The van der Waals surface area contributed by atoms with Gasteiger partial charge in [-0.3, -0.25) is 14.5 Å². The zero-order chi connectivity index (χ0) is 15.5. The Morgan fingerprint density at radius 3 is 2.50 bits per heavy atom. The Morgan fingerprint density at radius 1 is 1.18 bits per heavy atom. The third-order valence-corrected chi connectivity index (χ3v) is 4.73. The van der Waals surface area contributed by atoms with E-state index >= 15 is 0 Å². The lowest BCUT2D eigenvalue weighted by Gasteiger charge is -2.21. The molecule has 1 N–H and O–H groups in total. The molecule has 0 unspecified atom stereocenters. The van der Waals surface area contributed by atoms with Crippen molar-refractivity contribution in [1.82, 2.24) is 29.5 Å². The van der Waals surface area contributed by atoms with E-state index in [9.17, 15) is 0 Å². The van der Waals surface area contributed by atoms with Crippen LogP contribution < -0.4 is 0 Å². The largest absolute Gasteiger partial charge is 0.348 e. The summed E-state index contributed by atoms with van der Waals surface area (Å²) in [4.78, 5) is 12.4. The zero-order valence-electron chi connectivity index (χ0n) is 13.2. The molecule has 0 spiro atoms. The highest BCUT2D eigenvalue weighted by atomic mass is 35.5. The van der Waals surface area contributed by atoms with Gasteiger partial charge in [-0.1, -0.05) is 11.6 Å². The molecule has 0 aromatic carbocycles. The van der Waals surface area contributed by atoms with Crippen molar-refractivity contribution in [2.45, 2.75) is 26.4 Å². The van der Waals surface area contributed by atoms with Crippen LogP contribution in [0.2, 0.25) is 5.15 Å². The Morgan fingerprint density at radius 2 is 1.91 bits per heavy atom. The maximum absolute atomic E-state index is 6.35. The lowest BCUT2D eigenvalue weighted by molar-refractivity contribution is 0.244. The Labute approximate surface area is 136 Å². The number of rotatable bonds is 4. The molecule has 0 radical (unpaired) electrons. The van der Waals surface area contributed by atoms with Crippen LogP contribution in [0, 0.1) is 6.92 Å². The molecule has 6 nitrogen and oxygen atoms in total. The summed E-state index contributed by atoms with van der Waals surface area (Å²) in [6.07, 6.45) is 4.86. The summed E-state index contributed by atoms with van der Waals surface area (Å²) in [5.74, 6) is 1.04. The van der Waals surface area contributed by atoms with E-state index in [4.69, 9.17) is 11.6 Å². The van der Waals surface area contributed by atoms with Crippen LogP contribution in [0.4, 0.5) is 0 Å². The molecule has 3 heterocycles. The van der Waals surface area contributed by atoms with Gasteiger partial charge >= 0.3 is 0 Å². The van der Waals surface area contributed by atoms with E-state index in [1.54, 1.807) is 4.68 Å². The van der Waals surface area contributed by atoms with Crippen LogP contribution in [0.3, 0.4) is 0 Å². The fourth-order valence-electron chi connectivity index (χ4n) is 3.01. The molecule has 0 amide bonds. The maximum Gasteiger partial charge on any atom is 0.131 e. The first-order chi connectivity index (χ1) is 10.6. The zero-order valence-corrected chi connectivity index (χ0v) is 14.0. The third kappa shape index (κ3) is 3.51. The molecule has 0 bridgehead atoms. The topological polar surface area (TPSA) is 53.0 Å². The summed E-state index contributed by atoms with van der Waals surface area (Å²) in [5.41, 5.74) is 2.19. The predicted octanol–water partition coefficient (Wildman–Crippen LogP) is 1.81. The first-order valence-electron chi connectivity index (χ1n) is 7.74. The average Bonchev–Trinajstić information content (AvgIpc) is 2.99. The van der Waals surface area contributed by atoms with Crippen molar-refractivity contribution in [2.24, 2.45) is 7.05 Å². The van der Waals surface area contributed by atoms with Gasteiger partial charge in [-0.05, 0) is 26.4 Å². The monoisotopic (exact) mass is 322 g/mol. The number of aromatic nitrogens is 4. The smallest absolute Gasteiger partial charge is 0.131 e. The molecule has 2 aromatic rings. The second-order valence-corrected chi connectivity index (χ2v) is 6.28. The first-order valence-corrected chi connectivity index (χ1v) is 8.12. The van der Waals surface area contributed by atoms with Crippen LogP contribution in [-0.2, 0) is 20.1 Å². The molecule has 1 aliphatic heterocycles. The molecule has 0 aliphatic carbocycles. The van der Waals surface area contributed by atoms with Gasteiger partial charge in [0.05, 0.1) is 12.2 Å². The van der Waals surface area contributed by atoms with E-state index in [0.717, 1.165) is 67.9 Å². The minimum absolute atomic E-state index is 0.759. The van der Waals surface area contributed by atoms with Crippen molar-refractivity contribution >= 4 is 11.6 Å². The van der Waals surface area contributed by atoms with Crippen LogP contribution in [0.1, 0.15) is 23.5 Å². The van der Waals surface area contributed by atoms with E-state index in [1.807, 2.05) is 26.4 Å². The number of H-pyrrole nitrogens is 1. The molecule has 3 rings (SSSR count). The standard InChI is InChI=1S/C15H23ClN6/c1-12-13(15(16)20(2)19-12)10-21-6-3-7-22(9-8-21)11-14-17-4-5-18-14/h4-5H,3,6-11H2,1-2H3,(H,17,18). The number of nitrogens with one attached hydrogen (secondary N) is 1. The summed E-state index contributed by atoms with van der Waals surface area (Å²) >= 11 is 6.35. The molecular weight excluding hydrogens is 300 g/mol. The van der Waals surface area contributed by atoms with Gasteiger partial charge in [0.15, 0.2) is 0 Å². The van der Waals surface area contributed by atoms with E-state index in [2.05, 4.69) is 24.9 Å². The fraction of sp³-hybridized carbons (Fsp3) is 0.600. The second kappa shape index (κ2) is 6.81. The van der Waals surface area contributed by atoms with Crippen LogP contribution in [0.5, 0.6) is 0 Å². The quantitative estimate of drug-likeness (QED) is 0.933. The Hall–Kier alpha value is -1.37. The van der Waals surface area contributed by atoms with E-state index in [1.165, 1.54) is 0 Å². The number of aromatic amines is 1. The van der Waals surface area contributed by atoms with Crippen molar-refractivity contribution in [3.05, 3.63) is 34.6 Å². The summed E-state index contributed by atoms with van der Waals surface area (Å²) in [6, 6.07) is 0. The predicted molar refractivity (Wildman–Crippen MR) is 86.7 cm³/mol. The first kappa shape index (κ1) is 15.5. The van der Waals surface area contributed by atoms with Crippen LogP contribution in [-0.4, -0.2) is 55.7 Å². The van der Waals surface area contributed by atoms with Gasteiger partial charge in [-0.25, -0.2) is 4.98 Å². The molecule has 120 valence electrons. The van der Waals surface area contributed by atoms with Gasteiger partial charge in [-0.2, -0.15) is 5.10 Å². The number of imidazole rings is 1. The summed E-state index contributed by atoms with van der Waals surface area (Å²) in [5, 5.41) is 5.16. The Bertz CT molecular complexity index is 606. The number of nitrogens with zero attached hydrogens (tertiary/aromatic N) is 5. The SMILES string of the molecule is Cc1nn(C)c(Cl)c1CN1CCCN(Cc2ncc[nH]2)CC1. The van der Waals surface area contributed by atoms with Crippen LogP contribution >= 0.6 is 11.6 Å². The minimum Gasteiger partial charge on any atom is -0.348 e. The highest BCUT2D eigenvalue weighted by Crippen LogP contribution is 2.21. The summed E-state index contributed by atoms with van der Waals surface area (Å²) in [7, 11) is 1.90.